The summed E-state index contributed by atoms with van der Waals surface area (Å²) >= 11 is 0. The highest BCUT2D eigenvalue weighted by Crippen LogP contribution is 2.40. The van der Waals surface area contributed by atoms with Crippen LogP contribution in [-0.4, -0.2) is 20.4 Å². The van der Waals surface area contributed by atoms with Crippen molar-refractivity contribution < 1.29 is 22.6 Å². The van der Waals surface area contributed by atoms with E-state index in [9.17, 15) is 13.2 Å². The first-order valence-corrected chi connectivity index (χ1v) is 5.08. The van der Waals surface area contributed by atoms with E-state index in [2.05, 4.69) is 0 Å². The SMILES string of the molecule is COc1ccccc1C(C)(CC(F)(F)F)OC. The predicted molar refractivity (Wildman–Crippen MR) is 58.0 cm³/mol. The standard InChI is InChI=1S/C12H15F3O2/c1-11(17-3,8-12(13,14)15)9-6-4-5-7-10(9)16-2/h4-7H,8H2,1-3H3. The molecule has 0 aliphatic heterocycles. The summed E-state index contributed by atoms with van der Waals surface area (Å²) in [4.78, 5) is 0. The predicted octanol–water partition coefficient (Wildman–Crippen LogP) is 3.51. The van der Waals surface area contributed by atoms with E-state index < -0.39 is 18.2 Å². The molecule has 1 atom stereocenters. The second-order valence-corrected chi connectivity index (χ2v) is 3.93. The van der Waals surface area contributed by atoms with Gasteiger partial charge in [0.15, 0.2) is 0 Å². The monoisotopic (exact) mass is 248 g/mol. The lowest BCUT2D eigenvalue weighted by Crippen LogP contribution is -2.31. The third-order valence-electron chi connectivity index (χ3n) is 2.67. The average molecular weight is 248 g/mol. The number of alkyl halides is 3. The van der Waals surface area contributed by atoms with E-state index in [1.165, 1.54) is 21.1 Å². The van der Waals surface area contributed by atoms with Crippen LogP contribution in [0, 0.1) is 0 Å². The summed E-state index contributed by atoms with van der Waals surface area (Å²) in [5, 5.41) is 0. The van der Waals surface area contributed by atoms with Gasteiger partial charge < -0.3 is 9.47 Å². The minimum absolute atomic E-state index is 0.390. The number of hydrogen-bond acceptors (Lipinski definition) is 2. The number of methoxy groups -OCH3 is 2. The Morgan fingerprint density at radius 1 is 1.12 bits per heavy atom. The van der Waals surface area contributed by atoms with Crippen molar-refractivity contribution in [2.24, 2.45) is 0 Å². The van der Waals surface area contributed by atoms with E-state index in [0.717, 1.165) is 0 Å². The highest BCUT2D eigenvalue weighted by atomic mass is 19.4. The quantitative estimate of drug-likeness (QED) is 0.811. The number of hydrogen-bond donors (Lipinski definition) is 0. The molecule has 0 bridgehead atoms. The van der Waals surface area contributed by atoms with Gasteiger partial charge in [-0.25, -0.2) is 0 Å². The normalized spacial score (nSPS) is 15.4. The summed E-state index contributed by atoms with van der Waals surface area (Å²) in [6.45, 7) is 1.40. The van der Waals surface area contributed by atoms with Crippen LogP contribution in [0.3, 0.4) is 0 Å². The Morgan fingerprint density at radius 3 is 2.18 bits per heavy atom. The van der Waals surface area contributed by atoms with E-state index >= 15 is 0 Å². The van der Waals surface area contributed by atoms with Crippen LogP contribution in [0.2, 0.25) is 0 Å². The molecule has 0 N–H and O–H groups in total. The second kappa shape index (κ2) is 4.96. The van der Waals surface area contributed by atoms with Gasteiger partial charge in [0.2, 0.25) is 0 Å². The third kappa shape index (κ3) is 3.36. The van der Waals surface area contributed by atoms with Crippen molar-refractivity contribution in [2.75, 3.05) is 14.2 Å². The van der Waals surface area contributed by atoms with Crippen LogP contribution in [0.1, 0.15) is 18.9 Å². The highest BCUT2D eigenvalue weighted by molar-refractivity contribution is 5.37. The van der Waals surface area contributed by atoms with Gasteiger partial charge in [0, 0.05) is 12.7 Å². The molecule has 0 spiro atoms. The van der Waals surface area contributed by atoms with E-state index in [0.29, 0.717) is 11.3 Å². The number of benzene rings is 1. The fourth-order valence-corrected chi connectivity index (χ4v) is 1.74. The molecule has 0 amide bonds. The molecule has 0 saturated carbocycles. The molecule has 0 aliphatic rings. The zero-order valence-electron chi connectivity index (χ0n) is 9.97. The summed E-state index contributed by atoms with van der Waals surface area (Å²) in [6.07, 6.45) is -5.36. The van der Waals surface area contributed by atoms with Crippen molar-refractivity contribution in [2.45, 2.75) is 25.1 Å². The van der Waals surface area contributed by atoms with Crippen LogP contribution >= 0.6 is 0 Å². The van der Waals surface area contributed by atoms with Gasteiger partial charge in [0.1, 0.15) is 11.4 Å². The van der Waals surface area contributed by atoms with Gasteiger partial charge in [-0.05, 0) is 13.0 Å². The molecule has 0 radical (unpaired) electrons. The molecule has 5 heteroatoms. The molecule has 1 rings (SSSR count). The maximum Gasteiger partial charge on any atom is 0.392 e. The molecule has 1 unspecified atom stereocenters. The summed E-state index contributed by atoms with van der Waals surface area (Å²) in [5.41, 5.74) is -1.05. The molecule has 0 aliphatic carbocycles. The Morgan fingerprint density at radius 2 is 1.71 bits per heavy atom. The molecular formula is C12H15F3O2. The van der Waals surface area contributed by atoms with Crippen LogP contribution in [0.25, 0.3) is 0 Å². The lowest BCUT2D eigenvalue weighted by molar-refractivity contribution is -0.182. The summed E-state index contributed by atoms with van der Waals surface area (Å²) < 4.78 is 47.7. The molecule has 2 nitrogen and oxygen atoms in total. The first kappa shape index (κ1) is 13.8. The lowest BCUT2D eigenvalue weighted by Gasteiger charge is -2.30. The molecule has 0 fully saturated rings. The first-order valence-electron chi connectivity index (χ1n) is 5.08. The topological polar surface area (TPSA) is 18.5 Å². The third-order valence-corrected chi connectivity index (χ3v) is 2.67. The van der Waals surface area contributed by atoms with Gasteiger partial charge in [-0.1, -0.05) is 18.2 Å². The number of ether oxygens (including phenoxy) is 2. The summed E-state index contributed by atoms with van der Waals surface area (Å²) in [7, 11) is 2.68. The smallest absolute Gasteiger partial charge is 0.392 e. The molecule has 0 saturated heterocycles. The highest BCUT2D eigenvalue weighted by Gasteiger charge is 2.42. The number of rotatable bonds is 4. The van der Waals surface area contributed by atoms with Crippen LogP contribution in [-0.2, 0) is 10.3 Å². The Balaban J connectivity index is 3.15. The van der Waals surface area contributed by atoms with Crippen molar-refractivity contribution in [3.8, 4) is 5.75 Å². The zero-order valence-corrected chi connectivity index (χ0v) is 9.97. The molecule has 17 heavy (non-hydrogen) atoms. The van der Waals surface area contributed by atoms with E-state index in [1.54, 1.807) is 24.3 Å². The largest absolute Gasteiger partial charge is 0.496 e. The Bertz CT molecular complexity index is 376. The van der Waals surface area contributed by atoms with Gasteiger partial charge in [0.05, 0.1) is 13.5 Å². The minimum Gasteiger partial charge on any atom is -0.496 e. The Kier molecular flexibility index (Phi) is 4.03. The van der Waals surface area contributed by atoms with E-state index in [-0.39, 0.29) is 0 Å². The minimum atomic E-state index is -4.30. The van der Waals surface area contributed by atoms with Crippen molar-refractivity contribution in [3.05, 3.63) is 29.8 Å². The molecule has 1 aromatic carbocycles. The van der Waals surface area contributed by atoms with Gasteiger partial charge in [-0.2, -0.15) is 13.2 Å². The van der Waals surface area contributed by atoms with Gasteiger partial charge >= 0.3 is 6.18 Å². The second-order valence-electron chi connectivity index (χ2n) is 3.93. The fraction of sp³-hybridized carbons (Fsp3) is 0.500. The van der Waals surface area contributed by atoms with Gasteiger partial charge in [-0.15, -0.1) is 0 Å². The Labute approximate surface area is 98.3 Å². The van der Waals surface area contributed by atoms with Crippen molar-refractivity contribution in [3.63, 3.8) is 0 Å². The summed E-state index contributed by atoms with van der Waals surface area (Å²) in [6, 6.07) is 6.55. The maximum absolute atomic E-state index is 12.5. The van der Waals surface area contributed by atoms with Crippen molar-refractivity contribution in [1.82, 2.24) is 0 Å². The lowest BCUT2D eigenvalue weighted by atomic mass is 9.91. The van der Waals surface area contributed by atoms with Crippen molar-refractivity contribution >= 4 is 0 Å². The average Bonchev–Trinajstić information content (AvgIpc) is 2.26. The van der Waals surface area contributed by atoms with Crippen LogP contribution < -0.4 is 4.74 Å². The fourth-order valence-electron chi connectivity index (χ4n) is 1.74. The van der Waals surface area contributed by atoms with Gasteiger partial charge in [-0.3, -0.25) is 0 Å². The molecule has 96 valence electrons. The zero-order chi connectivity index (χ0) is 13.1. The number of para-hydroxylation sites is 1. The molecule has 0 aromatic heterocycles. The van der Waals surface area contributed by atoms with Gasteiger partial charge in [0.25, 0.3) is 0 Å². The Hall–Kier alpha value is -1.23. The molecule has 1 aromatic rings. The van der Waals surface area contributed by atoms with Crippen LogP contribution in [0.5, 0.6) is 5.75 Å². The molecule has 0 heterocycles. The van der Waals surface area contributed by atoms with E-state index in [1.807, 2.05) is 0 Å². The van der Waals surface area contributed by atoms with Crippen LogP contribution in [0.15, 0.2) is 24.3 Å². The summed E-state index contributed by atoms with van der Waals surface area (Å²) in [5.74, 6) is 0.390. The number of halogens is 3. The first-order chi connectivity index (χ1) is 7.82. The van der Waals surface area contributed by atoms with Crippen molar-refractivity contribution in [1.29, 1.82) is 0 Å². The molecular weight excluding hydrogens is 233 g/mol. The van der Waals surface area contributed by atoms with E-state index in [4.69, 9.17) is 9.47 Å². The maximum atomic E-state index is 12.5. The van der Waals surface area contributed by atoms with Crippen LogP contribution in [0.4, 0.5) is 13.2 Å².